The summed E-state index contributed by atoms with van der Waals surface area (Å²) in [5.74, 6) is -3.81. The van der Waals surface area contributed by atoms with Crippen LogP contribution in [0.5, 0.6) is 0 Å². The van der Waals surface area contributed by atoms with E-state index in [1.807, 2.05) is 18.2 Å². The van der Waals surface area contributed by atoms with E-state index in [0.717, 1.165) is 25.1 Å². The Labute approximate surface area is 173 Å². The third kappa shape index (κ3) is 11.0. The molecule has 11 heteroatoms. The summed E-state index contributed by atoms with van der Waals surface area (Å²) in [6.45, 7) is 1.39. The molecule has 6 N–H and O–H groups in total. The molecule has 0 aliphatic heterocycles. The van der Waals surface area contributed by atoms with Gasteiger partial charge in [0.15, 0.2) is 0 Å². The molecule has 0 fully saturated rings. The van der Waals surface area contributed by atoms with Gasteiger partial charge in [0.2, 0.25) is 0 Å². The Morgan fingerprint density at radius 2 is 1.57 bits per heavy atom. The molecule has 0 radical (unpaired) electrons. The smallest absolute Gasteiger partial charge is 0.326 e. The Balaban J connectivity index is 2.28. The van der Waals surface area contributed by atoms with Crippen molar-refractivity contribution in [3.8, 4) is 0 Å². The number of pyridine rings is 1. The lowest BCUT2D eigenvalue weighted by molar-refractivity contribution is -0.140. The fourth-order valence-electron chi connectivity index (χ4n) is 2.64. The standard InChI is InChI=1S/C19H28N4O7/c24-16(25)9-8-15(18(28)29)23-19(30)22-14(17(26)27)7-2-1-4-10-20-12-13-6-3-5-11-21-13/h3,5-6,11,14-15,20H,1-2,4,7-10,12H2,(H,24,25)(H,26,27)(H,28,29)(H2,22,23,30)/t14-,15-/m0/s1. The fourth-order valence-corrected chi connectivity index (χ4v) is 2.64. The highest BCUT2D eigenvalue weighted by molar-refractivity contribution is 5.86. The van der Waals surface area contributed by atoms with Crippen molar-refractivity contribution in [1.29, 1.82) is 0 Å². The number of rotatable bonds is 15. The number of hydrogen-bond donors (Lipinski definition) is 6. The van der Waals surface area contributed by atoms with Crippen LogP contribution in [-0.4, -0.2) is 62.9 Å². The van der Waals surface area contributed by atoms with Gasteiger partial charge in [-0.3, -0.25) is 9.78 Å². The highest BCUT2D eigenvalue weighted by Crippen LogP contribution is 2.05. The van der Waals surface area contributed by atoms with Gasteiger partial charge in [-0.05, 0) is 37.9 Å². The molecule has 0 saturated carbocycles. The number of unbranched alkanes of at least 4 members (excludes halogenated alkanes) is 2. The van der Waals surface area contributed by atoms with E-state index >= 15 is 0 Å². The van der Waals surface area contributed by atoms with Crippen molar-refractivity contribution < 1.29 is 34.5 Å². The molecule has 0 saturated heterocycles. The van der Waals surface area contributed by atoms with Gasteiger partial charge in [0.25, 0.3) is 0 Å². The highest BCUT2D eigenvalue weighted by atomic mass is 16.4. The first-order chi connectivity index (χ1) is 14.3. The van der Waals surface area contributed by atoms with Crippen LogP contribution in [0.3, 0.4) is 0 Å². The Morgan fingerprint density at radius 1 is 0.900 bits per heavy atom. The number of carboxylic acid groups (broad SMARTS) is 3. The van der Waals surface area contributed by atoms with E-state index in [0.29, 0.717) is 13.0 Å². The summed E-state index contributed by atoms with van der Waals surface area (Å²) >= 11 is 0. The largest absolute Gasteiger partial charge is 0.481 e. The zero-order chi connectivity index (χ0) is 22.4. The second-order valence-electron chi connectivity index (χ2n) is 6.68. The number of nitrogens with zero attached hydrogens (tertiary/aromatic N) is 1. The number of carboxylic acids is 3. The van der Waals surface area contributed by atoms with Crippen LogP contribution < -0.4 is 16.0 Å². The molecular weight excluding hydrogens is 396 g/mol. The molecule has 166 valence electrons. The quantitative estimate of drug-likeness (QED) is 0.222. The molecule has 0 aliphatic rings. The zero-order valence-corrected chi connectivity index (χ0v) is 16.5. The number of urea groups is 1. The van der Waals surface area contributed by atoms with Crippen molar-refractivity contribution in [2.24, 2.45) is 0 Å². The Bertz CT molecular complexity index is 699. The monoisotopic (exact) mass is 424 g/mol. The average molecular weight is 424 g/mol. The van der Waals surface area contributed by atoms with Crippen molar-refractivity contribution in [1.82, 2.24) is 20.9 Å². The van der Waals surface area contributed by atoms with Crippen molar-refractivity contribution in [2.75, 3.05) is 6.54 Å². The number of hydrogen-bond acceptors (Lipinski definition) is 6. The summed E-state index contributed by atoms with van der Waals surface area (Å²) in [4.78, 5) is 49.1. The number of carbonyl (C=O) groups is 4. The summed E-state index contributed by atoms with van der Waals surface area (Å²) in [6, 6.07) is 2.12. The van der Waals surface area contributed by atoms with Crippen LogP contribution >= 0.6 is 0 Å². The van der Waals surface area contributed by atoms with Crippen LogP contribution in [0, 0.1) is 0 Å². The lowest BCUT2D eigenvalue weighted by Gasteiger charge is -2.18. The Kier molecular flexibility index (Phi) is 11.5. The van der Waals surface area contributed by atoms with Gasteiger partial charge in [-0.25, -0.2) is 14.4 Å². The number of aromatic nitrogens is 1. The van der Waals surface area contributed by atoms with E-state index in [1.165, 1.54) is 0 Å². The van der Waals surface area contributed by atoms with Gasteiger partial charge in [0.05, 0.1) is 5.69 Å². The van der Waals surface area contributed by atoms with E-state index in [9.17, 15) is 24.3 Å². The molecule has 1 aromatic rings. The minimum absolute atomic E-state index is 0.190. The molecule has 1 aromatic heterocycles. The summed E-state index contributed by atoms with van der Waals surface area (Å²) in [6.07, 6.45) is 3.30. The maximum absolute atomic E-state index is 11.9. The van der Waals surface area contributed by atoms with E-state index in [1.54, 1.807) is 6.20 Å². The second-order valence-corrected chi connectivity index (χ2v) is 6.68. The Hall–Kier alpha value is -3.21. The molecule has 0 aromatic carbocycles. The predicted molar refractivity (Wildman–Crippen MR) is 106 cm³/mol. The maximum Gasteiger partial charge on any atom is 0.326 e. The first kappa shape index (κ1) is 24.8. The normalized spacial score (nSPS) is 12.5. The van der Waals surface area contributed by atoms with Gasteiger partial charge in [0, 0.05) is 19.2 Å². The minimum atomic E-state index is -1.42. The van der Waals surface area contributed by atoms with Crippen LogP contribution in [0.2, 0.25) is 0 Å². The van der Waals surface area contributed by atoms with E-state index in [2.05, 4.69) is 20.9 Å². The molecule has 0 bridgehead atoms. The van der Waals surface area contributed by atoms with E-state index in [4.69, 9.17) is 10.2 Å². The van der Waals surface area contributed by atoms with Gasteiger partial charge in [0.1, 0.15) is 12.1 Å². The number of nitrogens with one attached hydrogen (secondary N) is 3. The molecule has 11 nitrogen and oxygen atoms in total. The fraction of sp³-hybridized carbons (Fsp3) is 0.526. The van der Waals surface area contributed by atoms with Crippen molar-refractivity contribution in [3.05, 3.63) is 30.1 Å². The lowest BCUT2D eigenvalue weighted by Crippen LogP contribution is -2.51. The first-order valence-electron chi connectivity index (χ1n) is 9.64. The van der Waals surface area contributed by atoms with Crippen LogP contribution in [0.15, 0.2) is 24.4 Å². The summed E-state index contributed by atoms with van der Waals surface area (Å²) in [5, 5.41) is 34.5. The molecule has 30 heavy (non-hydrogen) atoms. The molecule has 2 atom stereocenters. The van der Waals surface area contributed by atoms with Crippen LogP contribution in [0.25, 0.3) is 0 Å². The molecule has 2 amide bonds. The topological polar surface area (TPSA) is 178 Å². The SMILES string of the molecule is O=C(O)CC[C@H](NC(=O)N[C@@H](CCCCCNCc1ccccn1)C(=O)O)C(=O)O. The van der Waals surface area contributed by atoms with E-state index in [-0.39, 0.29) is 12.8 Å². The van der Waals surface area contributed by atoms with Gasteiger partial charge in [-0.1, -0.05) is 18.9 Å². The number of amides is 2. The van der Waals surface area contributed by atoms with Gasteiger partial charge in [-0.2, -0.15) is 0 Å². The van der Waals surface area contributed by atoms with Crippen molar-refractivity contribution in [2.45, 2.75) is 57.2 Å². The highest BCUT2D eigenvalue weighted by Gasteiger charge is 2.24. The maximum atomic E-state index is 11.9. The van der Waals surface area contributed by atoms with Crippen molar-refractivity contribution in [3.63, 3.8) is 0 Å². The third-order valence-corrected chi connectivity index (χ3v) is 4.23. The van der Waals surface area contributed by atoms with Crippen LogP contribution in [-0.2, 0) is 20.9 Å². The first-order valence-corrected chi connectivity index (χ1v) is 9.64. The summed E-state index contributed by atoms with van der Waals surface area (Å²) < 4.78 is 0. The Morgan fingerprint density at radius 3 is 2.13 bits per heavy atom. The van der Waals surface area contributed by atoms with E-state index < -0.39 is 42.4 Å². The number of aliphatic carboxylic acids is 3. The molecule has 1 heterocycles. The second kappa shape index (κ2) is 13.9. The average Bonchev–Trinajstić information content (AvgIpc) is 2.69. The van der Waals surface area contributed by atoms with Gasteiger partial charge >= 0.3 is 23.9 Å². The molecule has 1 rings (SSSR count). The summed E-state index contributed by atoms with van der Waals surface area (Å²) in [7, 11) is 0. The molecule has 0 spiro atoms. The summed E-state index contributed by atoms with van der Waals surface area (Å²) in [5.41, 5.74) is 0.932. The molecule has 0 aliphatic carbocycles. The molecular formula is C19H28N4O7. The van der Waals surface area contributed by atoms with Crippen LogP contribution in [0.1, 0.15) is 44.2 Å². The molecule has 0 unspecified atom stereocenters. The third-order valence-electron chi connectivity index (χ3n) is 4.23. The van der Waals surface area contributed by atoms with Crippen molar-refractivity contribution >= 4 is 23.9 Å². The zero-order valence-electron chi connectivity index (χ0n) is 16.5. The lowest BCUT2D eigenvalue weighted by atomic mass is 10.1. The number of carbonyl (C=O) groups excluding carboxylic acids is 1. The van der Waals surface area contributed by atoms with Gasteiger partial charge in [-0.15, -0.1) is 0 Å². The van der Waals surface area contributed by atoms with Crippen LogP contribution in [0.4, 0.5) is 4.79 Å². The van der Waals surface area contributed by atoms with Gasteiger partial charge < -0.3 is 31.3 Å². The predicted octanol–water partition coefficient (Wildman–Crippen LogP) is 0.802. The minimum Gasteiger partial charge on any atom is -0.481 e.